The van der Waals surface area contributed by atoms with Gasteiger partial charge in [0.25, 0.3) is 0 Å². The van der Waals surface area contributed by atoms with Crippen molar-refractivity contribution in [3.05, 3.63) is 0 Å². The van der Waals surface area contributed by atoms with Gasteiger partial charge in [0, 0.05) is 17.1 Å². The van der Waals surface area contributed by atoms with Crippen LogP contribution in [0.3, 0.4) is 0 Å². The number of rotatable bonds is 11. The molecule has 1 N–H and O–H groups in total. The topological polar surface area (TPSA) is 29.1 Å². The highest BCUT2D eigenvalue weighted by molar-refractivity contribution is 9.09. The molecule has 0 aliphatic rings. The third-order valence-electron chi connectivity index (χ3n) is 3.04. The van der Waals surface area contributed by atoms with E-state index in [1.807, 2.05) is 6.92 Å². The molecule has 0 saturated heterocycles. The van der Waals surface area contributed by atoms with Crippen molar-refractivity contribution < 1.29 is 4.79 Å². The number of hydrogen-bond acceptors (Lipinski definition) is 1. The second kappa shape index (κ2) is 11.3. The van der Waals surface area contributed by atoms with Gasteiger partial charge >= 0.3 is 0 Å². The molecule has 0 aliphatic heterocycles. The molecule has 0 aromatic rings. The summed E-state index contributed by atoms with van der Waals surface area (Å²) in [5, 5.41) is 4.61. The average Bonchev–Trinajstić information content (AvgIpc) is 2.37. The van der Waals surface area contributed by atoms with Crippen LogP contribution < -0.4 is 5.32 Å². The molecular weight excluding hydrogens is 358 g/mol. The van der Waals surface area contributed by atoms with Crippen molar-refractivity contribution in [3.8, 4) is 0 Å². The maximum Gasteiger partial charge on any atom is 0.220 e. The third kappa shape index (κ3) is 9.37. The number of halogens is 2. The van der Waals surface area contributed by atoms with Crippen LogP contribution in [0.4, 0.5) is 0 Å². The first-order chi connectivity index (χ1) is 8.58. The summed E-state index contributed by atoms with van der Waals surface area (Å²) in [7, 11) is 0. The Kier molecular flexibility index (Phi) is 11.5. The van der Waals surface area contributed by atoms with E-state index in [1.54, 1.807) is 0 Å². The first-order valence-electron chi connectivity index (χ1n) is 7.01. The summed E-state index contributed by atoms with van der Waals surface area (Å²) in [6.07, 6.45) is 9.40. The minimum absolute atomic E-state index is 0.168. The zero-order chi connectivity index (χ0) is 13.9. The van der Waals surface area contributed by atoms with Gasteiger partial charge in [-0.15, -0.1) is 0 Å². The molecular formula is C14H27Br2NO. The van der Waals surface area contributed by atoms with Crippen molar-refractivity contribution >= 4 is 37.8 Å². The van der Waals surface area contributed by atoms with Crippen LogP contribution in [0.2, 0.25) is 0 Å². The summed E-state index contributed by atoms with van der Waals surface area (Å²) in [6, 6.07) is 0. The summed E-state index contributed by atoms with van der Waals surface area (Å²) >= 11 is 6.87. The highest BCUT2D eigenvalue weighted by Gasteiger charge is 2.23. The fourth-order valence-corrected chi connectivity index (χ4v) is 2.95. The lowest BCUT2D eigenvalue weighted by atomic mass is 10.1. The van der Waals surface area contributed by atoms with Crippen molar-refractivity contribution in [1.82, 2.24) is 5.32 Å². The van der Waals surface area contributed by atoms with E-state index < -0.39 is 0 Å². The van der Waals surface area contributed by atoms with E-state index in [1.165, 1.54) is 38.5 Å². The molecule has 4 heteroatoms. The van der Waals surface area contributed by atoms with E-state index >= 15 is 0 Å². The monoisotopic (exact) mass is 383 g/mol. The van der Waals surface area contributed by atoms with E-state index in [0.717, 1.165) is 17.1 Å². The van der Waals surface area contributed by atoms with Gasteiger partial charge in [0.1, 0.15) is 0 Å². The average molecular weight is 385 g/mol. The Morgan fingerprint density at radius 3 is 2.00 bits per heavy atom. The maximum atomic E-state index is 11.8. The fourth-order valence-electron chi connectivity index (χ4n) is 1.74. The number of carbonyl (C=O) groups is 1. The van der Waals surface area contributed by atoms with Crippen LogP contribution in [0.1, 0.15) is 65.2 Å². The van der Waals surface area contributed by atoms with Crippen molar-refractivity contribution in [2.24, 2.45) is 0 Å². The molecule has 0 fully saturated rings. The normalized spacial score (nSPS) is 11.6. The SMILES string of the molecule is CCCCCCCCCC(=O)NC(C)(CBr)CBr. The quantitative estimate of drug-likeness (QED) is 0.402. The van der Waals surface area contributed by atoms with Gasteiger partial charge in [-0.2, -0.15) is 0 Å². The van der Waals surface area contributed by atoms with Gasteiger partial charge in [-0.25, -0.2) is 0 Å². The molecule has 0 aromatic heterocycles. The summed E-state index contributed by atoms with van der Waals surface area (Å²) in [5.41, 5.74) is -0.168. The predicted octanol–water partition coefficient (Wildman–Crippen LogP) is 4.79. The molecule has 0 atom stereocenters. The molecule has 0 unspecified atom stereocenters. The zero-order valence-corrected chi connectivity index (χ0v) is 14.9. The van der Waals surface area contributed by atoms with Gasteiger partial charge in [-0.3, -0.25) is 4.79 Å². The number of amides is 1. The molecule has 108 valence electrons. The van der Waals surface area contributed by atoms with Crippen molar-refractivity contribution in [2.45, 2.75) is 70.8 Å². The highest BCUT2D eigenvalue weighted by Crippen LogP contribution is 2.13. The van der Waals surface area contributed by atoms with Crippen LogP contribution in [-0.2, 0) is 4.79 Å². The Morgan fingerprint density at radius 2 is 1.50 bits per heavy atom. The smallest absolute Gasteiger partial charge is 0.220 e. The molecule has 0 aliphatic carbocycles. The molecule has 0 saturated carbocycles. The Balaban J connectivity index is 3.53. The maximum absolute atomic E-state index is 11.8. The Labute approximate surface area is 129 Å². The highest BCUT2D eigenvalue weighted by atomic mass is 79.9. The minimum atomic E-state index is -0.168. The minimum Gasteiger partial charge on any atom is -0.349 e. The predicted molar refractivity (Wildman–Crippen MR) is 86.7 cm³/mol. The zero-order valence-electron chi connectivity index (χ0n) is 11.7. The molecule has 2 nitrogen and oxygen atoms in total. The summed E-state index contributed by atoms with van der Waals surface area (Å²) < 4.78 is 0. The number of nitrogens with one attached hydrogen (secondary N) is 1. The van der Waals surface area contributed by atoms with Gasteiger partial charge in [-0.05, 0) is 13.3 Å². The fraction of sp³-hybridized carbons (Fsp3) is 0.929. The molecule has 1 amide bonds. The molecule has 0 rings (SSSR count). The summed E-state index contributed by atoms with van der Waals surface area (Å²) in [4.78, 5) is 11.8. The molecule has 0 spiro atoms. The number of hydrogen-bond donors (Lipinski definition) is 1. The van der Waals surface area contributed by atoms with E-state index in [0.29, 0.717) is 6.42 Å². The lowest BCUT2D eigenvalue weighted by Crippen LogP contribution is -2.48. The Morgan fingerprint density at radius 1 is 1.00 bits per heavy atom. The first kappa shape index (κ1) is 18.4. The third-order valence-corrected chi connectivity index (χ3v) is 5.51. The van der Waals surface area contributed by atoms with E-state index in [9.17, 15) is 4.79 Å². The van der Waals surface area contributed by atoms with Gasteiger partial charge in [-0.1, -0.05) is 77.3 Å². The van der Waals surface area contributed by atoms with E-state index in [-0.39, 0.29) is 11.4 Å². The lowest BCUT2D eigenvalue weighted by molar-refractivity contribution is -0.122. The largest absolute Gasteiger partial charge is 0.349 e. The Hall–Kier alpha value is 0.430. The molecule has 0 radical (unpaired) electrons. The molecule has 0 aromatic carbocycles. The standard InChI is InChI=1S/C14H27Br2NO/c1-3-4-5-6-7-8-9-10-13(18)17-14(2,11-15)12-16/h3-12H2,1-2H3,(H,17,18). The number of unbranched alkanes of at least 4 members (excludes halogenated alkanes) is 6. The van der Waals surface area contributed by atoms with Crippen LogP contribution in [-0.4, -0.2) is 22.1 Å². The molecule has 0 heterocycles. The lowest BCUT2D eigenvalue weighted by Gasteiger charge is -2.26. The van der Waals surface area contributed by atoms with Crippen molar-refractivity contribution in [3.63, 3.8) is 0 Å². The van der Waals surface area contributed by atoms with Crippen LogP contribution in [0, 0.1) is 0 Å². The van der Waals surface area contributed by atoms with Gasteiger partial charge in [0.15, 0.2) is 0 Å². The second-order valence-electron chi connectivity index (χ2n) is 5.25. The van der Waals surface area contributed by atoms with Gasteiger partial charge in [0.2, 0.25) is 5.91 Å². The summed E-state index contributed by atoms with van der Waals surface area (Å²) in [6.45, 7) is 4.27. The number of alkyl halides is 2. The number of carbonyl (C=O) groups excluding carboxylic acids is 1. The van der Waals surface area contributed by atoms with E-state index in [4.69, 9.17) is 0 Å². The second-order valence-corrected chi connectivity index (χ2v) is 6.37. The molecule has 18 heavy (non-hydrogen) atoms. The van der Waals surface area contributed by atoms with Crippen LogP contribution in [0.15, 0.2) is 0 Å². The van der Waals surface area contributed by atoms with E-state index in [2.05, 4.69) is 44.1 Å². The van der Waals surface area contributed by atoms with Crippen LogP contribution >= 0.6 is 31.9 Å². The van der Waals surface area contributed by atoms with Gasteiger partial charge in [0.05, 0.1) is 5.54 Å². The van der Waals surface area contributed by atoms with Crippen LogP contribution in [0.5, 0.6) is 0 Å². The molecule has 0 bridgehead atoms. The van der Waals surface area contributed by atoms with Crippen LogP contribution in [0.25, 0.3) is 0 Å². The summed E-state index contributed by atoms with van der Waals surface area (Å²) in [5.74, 6) is 0.171. The Bertz CT molecular complexity index is 218. The van der Waals surface area contributed by atoms with Crippen molar-refractivity contribution in [1.29, 1.82) is 0 Å². The van der Waals surface area contributed by atoms with Crippen molar-refractivity contribution in [2.75, 3.05) is 10.7 Å². The first-order valence-corrected chi connectivity index (χ1v) is 9.25. The van der Waals surface area contributed by atoms with Gasteiger partial charge < -0.3 is 5.32 Å².